The summed E-state index contributed by atoms with van der Waals surface area (Å²) in [6, 6.07) is 2.14. The van der Waals surface area contributed by atoms with Gasteiger partial charge in [-0.3, -0.25) is 4.79 Å². The number of thiophene rings is 1. The molecule has 0 aliphatic heterocycles. The topological polar surface area (TPSA) is 66.5 Å². The third-order valence-corrected chi connectivity index (χ3v) is 6.16. The number of nitrogens with one attached hydrogen (secondary N) is 1. The zero-order valence-corrected chi connectivity index (χ0v) is 14.3. The second-order valence-corrected chi connectivity index (χ2v) is 8.74. The van der Waals surface area contributed by atoms with Crippen LogP contribution in [0.25, 0.3) is 0 Å². The normalized spacial score (nSPS) is 14.5. The molecule has 0 bridgehead atoms. The third-order valence-electron chi connectivity index (χ3n) is 3.69. The van der Waals surface area contributed by atoms with E-state index in [4.69, 9.17) is 0 Å². The Morgan fingerprint density at radius 2 is 2.14 bits per heavy atom. The van der Waals surface area contributed by atoms with Gasteiger partial charge in [0.05, 0.1) is 6.54 Å². The Bertz CT molecular complexity index is 599. The molecule has 0 atom stereocenters. The van der Waals surface area contributed by atoms with Crippen LogP contribution >= 0.6 is 11.3 Å². The largest absolute Gasteiger partial charge is 0.334 e. The Labute approximate surface area is 130 Å². The van der Waals surface area contributed by atoms with Crippen LogP contribution in [0, 0.1) is 0 Å². The first kappa shape index (κ1) is 16.5. The first-order valence-electron chi connectivity index (χ1n) is 7.13. The number of rotatable bonds is 6. The second-order valence-electron chi connectivity index (χ2n) is 5.59. The maximum absolute atomic E-state index is 12.3. The lowest BCUT2D eigenvalue weighted by Gasteiger charge is -2.26. The van der Waals surface area contributed by atoms with E-state index < -0.39 is 15.8 Å². The van der Waals surface area contributed by atoms with Crippen molar-refractivity contribution in [1.82, 2.24) is 9.62 Å². The van der Waals surface area contributed by atoms with E-state index >= 15 is 0 Å². The molecule has 2 rings (SSSR count). The molecule has 1 aromatic rings. The molecule has 5 nitrogen and oxygen atoms in total. The standard InChI is InChI=1S/C14H22N2O3S2/c1-10(2)16(14(17)9-21(18,19)15-3)8-12-7-11-5-4-6-13(11)20-12/h7,10,15H,4-6,8-9H2,1-3H3. The summed E-state index contributed by atoms with van der Waals surface area (Å²) in [6.07, 6.45) is 3.47. The molecule has 0 spiro atoms. The molecule has 1 aliphatic carbocycles. The predicted octanol–water partition coefficient (Wildman–Crippen LogP) is 1.52. The lowest BCUT2D eigenvalue weighted by molar-refractivity contribution is -0.130. The van der Waals surface area contributed by atoms with Crippen molar-refractivity contribution in [3.8, 4) is 0 Å². The summed E-state index contributed by atoms with van der Waals surface area (Å²) in [5.41, 5.74) is 1.40. The highest BCUT2D eigenvalue weighted by Gasteiger charge is 2.24. The van der Waals surface area contributed by atoms with Crippen LogP contribution < -0.4 is 4.72 Å². The van der Waals surface area contributed by atoms with Crippen LogP contribution in [0.15, 0.2) is 6.07 Å². The summed E-state index contributed by atoms with van der Waals surface area (Å²) in [5.74, 6) is -0.847. The van der Waals surface area contributed by atoms with Crippen molar-refractivity contribution in [3.63, 3.8) is 0 Å². The van der Waals surface area contributed by atoms with Crippen molar-refractivity contribution in [2.24, 2.45) is 0 Å². The van der Waals surface area contributed by atoms with E-state index in [1.807, 2.05) is 13.8 Å². The highest BCUT2D eigenvalue weighted by atomic mass is 32.2. The van der Waals surface area contributed by atoms with E-state index in [1.165, 1.54) is 23.9 Å². The SMILES string of the molecule is CNS(=O)(=O)CC(=O)N(Cc1cc2c(s1)CCC2)C(C)C. The lowest BCUT2D eigenvalue weighted by atomic mass is 10.2. The molecule has 0 aromatic carbocycles. The van der Waals surface area contributed by atoms with Gasteiger partial charge in [0.15, 0.2) is 0 Å². The number of nitrogens with zero attached hydrogens (tertiary/aromatic N) is 1. The summed E-state index contributed by atoms with van der Waals surface area (Å²) in [5, 5.41) is 0. The van der Waals surface area contributed by atoms with Crippen molar-refractivity contribution < 1.29 is 13.2 Å². The Morgan fingerprint density at radius 1 is 1.43 bits per heavy atom. The summed E-state index contributed by atoms with van der Waals surface area (Å²) < 4.78 is 25.3. The maximum atomic E-state index is 12.3. The number of sulfonamides is 1. The molecule has 1 amide bonds. The zero-order valence-electron chi connectivity index (χ0n) is 12.7. The Hall–Kier alpha value is -0.920. The van der Waals surface area contributed by atoms with Crippen LogP contribution in [0.5, 0.6) is 0 Å². The molecule has 0 radical (unpaired) electrons. The van der Waals surface area contributed by atoms with Gasteiger partial charge in [-0.1, -0.05) is 0 Å². The van der Waals surface area contributed by atoms with Crippen LogP contribution in [-0.2, 0) is 34.2 Å². The zero-order chi connectivity index (χ0) is 15.6. The van der Waals surface area contributed by atoms with Gasteiger partial charge in [-0.05, 0) is 51.8 Å². The summed E-state index contributed by atoms with van der Waals surface area (Å²) in [4.78, 5) is 16.4. The molecule has 118 valence electrons. The van der Waals surface area contributed by atoms with E-state index in [-0.39, 0.29) is 11.9 Å². The molecule has 0 fully saturated rings. The third kappa shape index (κ3) is 4.05. The van der Waals surface area contributed by atoms with Crippen LogP contribution in [0.3, 0.4) is 0 Å². The predicted molar refractivity (Wildman–Crippen MR) is 84.9 cm³/mol. The molecular formula is C14H22N2O3S2. The average Bonchev–Trinajstić information content (AvgIpc) is 2.95. The molecule has 1 aromatic heterocycles. The quantitative estimate of drug-likeness (QED) is 0.860. The molecular weight excluding hydrogens is 308 g/mol. The number of fused-ring (bicyclic) bond motifs is 1. The van der Waals surface area contributed by atoms with Crippen LogP contribution in [0.1, 0.15) is 35.6 Å². The molecule has 7 heteroatoms. The van der Waals surface area contributed by atoms with Gasteiger partial charge >= 0.3 is 0 Å². The number of carbonyl (C=O) groups is 1. The molecule has 0 saturated carbocycles. The smallest absolute Gasteiger partial charge is 0.239 e. The van der Waals surface area contributed by atoms with Crippen molar-refractivity contribution >= 4 is 27.3 Å². The number of hydrogen-bond donors (Lipinski definition) is 1. The summed E-state index contributed by atoms with van der Waals surface area (Å²) in [7, 11) is -2.20. The van der Waals surface area contributed by atoms with Gasteiger partial charge in [0.2, 0.25) is 15.9 Å². The number of aryl methyl sites for hydroxylation is 2. The lowest BCUT2D eigenvalue weighted by Crippen LogP contribution is -2.41. The van der Waals surface area contributed by atoms with Crippen LogP contribution in [0.2, 0.25) is 0 Å². The van der Waals surface area contributed by atoms with Crippen LogP contribution in [0.4, 0.5) is 0 Å². The Balaban J connectivity index is 2.10. The van der Waals surface area contributed by atoms with Crippen LogP contribution in [-0.4, -0.2) is 38.1 Å². The molecule has 0 unspecified atom stereocenters. The Morgan fingerprint density at radius 3 is 2.71 bits per heavy atom. The summed E-state index contributed by atoms with van der Waals surface area (Å²) in [6.45, 7) is 4.31. The molecule has 1 aliphatic rings. The van der Waals surface area contributed by atoms with E-state index in [1.54, 1.807) is 16.2 Å². The summed E-state index contributed by atoms with van der Waals surface area (Å²) >= 11 is 1.75. The van der Waals surface area contributed by atoms with Gasteiger partial charge in [0, 0.05) is 15.8 Å². The monoisotopic (exact) mass is 330 g/mol. The van der Waals surface area contributed by atoms with E-state index in [0.717, 1.165) is 17.7 Å². The number of carbonyl (C=O) groups excluding carboxylic acids is 1. The second kappa shape index (κ2) is 6.46. The van der Waals surface area contributed by atoms with Gasteiger partial charge in [0.25, 0.3) is 0 Å². The molecule has 1 N–H and O–H groups in total. The average molecular weight is 330 g/mol. The Kier molecular flexibility index (Phi) is 5.06. The fourth-order valence-corrected chi connectivity index (χ4v) is 4.41. The fraction of sp³-hybridized carbons (Fsp3) is 0.643. The van der Waals surface area contributed by atoms with Crippen molar-refractivity contribution in [2.45, 2.75) is 45.7 Å². The molecule has 21 heavy (non-hydrogen) atoms. The van der Waals surface area contributed by atoms with Crippen molar-refractivity contribution in [3.05, 3.63) is 21.4 Å². The first-order chi connectivity index (χ1) is 9.82. The molecule has 0 saturated heterocycles. The minimum absolute atomic E-state index is 0.0264. The van der Waals surface area contributed by atoms with Crippen molar-refractivity contribution in [2.75, 3.05) is 12.8 Å². The van der Waals surface area contributed by atoms with E-state index in [0.29, 0.717) is 6.54 Å². The number of hydrogen-bond acceptors (Lipinski definition) is 4. The van der Waals surface area contributed by atoms with Gasteiger partial charge in [-0.2, -0.15) is 0 Å². The fourth-order valence-electron chi connectivity index (χ4n) is 2.51. The van der Waals surface area contributed by atoms with Crippen molar-refractivity contribution in [1.29, 1.82) is 0 Å². The van der Waals surface area contributed by atoms with Gasteiger partial charge in [-0.25, -0.2) is 13.1 Å². The van der Waals surface area contributed by atoms with Gasteiger partial charge < -0.3 is 4.90 Å². The number of amides is 1. The van der Waals surface area contributed by atoms with E-state index in [9.17, 15) is 13.2 Å². The van der Waals surface area contributed by atoms with Gasteiger partial charge in [0.1, 0.15) is 5.75 Å². The minimum Gasteiger partial charge on any atom is -0.334 e. The molecule has 1 heterocycles. The maximum Gasteiger partial charge on any atom is 0.239 e. The highest BCUT2D eigenvalue weighted by molar-refractivity contribution is 7.90. The van der Waals surface area contributed by atoms with Gasteiger partial charge in [-0.15, -0.1) is 11.3 Å². The first-order valence-corrected chi connectivity index (χ1v) is 9.60. The minimum atomic E-state index is -3.52. The van der Waals surface area contributed by atoms with E-state index in [2.05, 4.69) is 10.8 Å². The highest BCUT2D eigenvalue weighted by Crippen LogP contribution is 2.31.